The van der Waals surface area contributed by atoms with E-state index in [0.29, 0.717) is 5.56 Å². The van der Waals surface area contributed by atoms with Gasteiger partial charge in [0.1, 0.15) is 0 Å². The number of hydrogen-bond acceptors (Lipinski definition) is 2. The van der Waals surface area contributed by atoms with Crippen LogP contribution in [-0.2, 0) is 0 Å². The van der Waals surface area contributed by atoms with Gasteiger partial charge in [0, 0.05) is 11.3 Å². The molecule has 16 heavy (non-hydrogen) atoms. The van der Waals surface area contributed by atoms with E-state index >= 15 is 0 Å². The molecule has 1 heterocycles. The maximum atomic E-state index is 12.1. The van der Waals surface area contributed by atoms with Gasteiger partial charge in [-0.2, -0.15) is 5.10 Å². The van der Waals surface area contributed by atoms with Gasteiger partial charge in [-0.3, -0.25) is 4.79 Å². The van der Waals surface area contributed by atoms with Crippen LogP contribution in [0.2, 0.25) is 0 Å². The van der Waals surface area contributed by atoms with Gasteiger partial charge in [-0.05, 0) is 39.0 Å². The summed E-state index contributed by atoms with van der Waals surface area (Å²) in [5.41, 5.74) is 3.53. The average molecular weight is 214 g/mol. The van der Waals surface area contributed by atoms with Gasteiger partial charge in [0.05, 0.1) is 5.69 Å². The lowest BCUT2D eigenvalue weighted by Crippen LogP contribution is -2.15. The molecule has 1 aromatic carbocycles. The molecule has 0 spiro atoms. The molecular weight excluding hydrogens is 200 g/mol. The summed E-state index contributed by atoms with van der Waals surface area (Å²) in [6, 6.07) is 9.41. The summed E-state index contributed by atoms with van der Waals surface area (Å²) in [7, 11) is 0. The largest absolute Gasteiger partial charge is 0.278 e. The van der Waals surface area contributed by atoms with Crippen molar-refractivity contribution in [3.8, 4) is 0 Å². The standard InChI is InChI=1S/C13H14N2O/c1-9-4-6-12(7-5-9)13(16)15-11(3)8-10(2)14-15/h4-8H,1-3H3. The number of hydrogen-bond donors (Lipinski definition) is 0. The molecule has 0 radical (unpaired) electrons. The summed E-state index contributed by atoms with van der Waals surface area (Å²) in [6.45, 7) is 5.76. The lowest BCUT2D eigenvalue weighted by atomic mass is 10.1. The number of rotatable bonds is 1. The van der Waals surface area contributed by atoms with Crippen LogP contribution in [0.5, 0.6) is 0 Å². The summed E-state index contributed by atoms with van der Waals surface area (Å²) in [6.07, 6.45) is 0. The first kappa shape index (κ1) is 10.6. The summed E-state index contributed by atoms with van der Waals surface area (Å²) >= 11 is 0. The van der Waals surface area contributed by atoms with Crippen LogP contribution in [0.15, 0.2) is 30.3 Å². The van der Waals surface area contributed by atoms with Crippen LogP contribution in [0, 0.1) is 20.8 Å². The van der Waals surface area contributed by atoms with E-state index in [1.165, 1.54) is 4.68 Å². The van der Waals surface area contributed by atoms with Crippen molar-refractivity contribution in [2.75, 3.05) is 0 Å². The van der Waals surface area contributed by atoms with E-state index in [9.17, 15) is 4.79 Å². The van der Waals surface area contributed by atoms with Gasteiger partial charge in [-0.25, -0.2) is 4.68 Å². The number of nitrogens with zero attached hydrogens (tertiary/aromatic N) is 2. The number of aromatic nitrogens is 2. The lowest BCUT2D eigenvalue weighted by molar-refractivity contribution is 0.0942. The SMILES string of the molecule is Cc1ccc(C(=O)n2nc(C)cc2C)cc1. The minimum atomic E-state index is -0.0781. The molecule has 0 atom stereocenters. The second-order valence-electron chi connectivity index (χ2n) is 4.01. The van der Waals surface area contributed by atoms with Crippen LogP contribution in [0.4, 0.5) is 0 Å². The summed E-state index contributed by atoms with van der Waals surface area (Å²) < 4.78 is 1.44. The molecule has 0 amide bonds. The second-order valence-corrected chi connectivity index (χ2v) is 4.01. The third-order valence-electron chi connectivity index (χ3n) is 2.50. The highest BCUT2D eigenvalue weighted by molar-refractivity contribution is 5.95. The minimum Gasteiger partial charge on any atom is -0.267 e. The molecule has 0 aliphatic rings. The first-order chi connectivity index (χ1) is 7.58. The molecule has 1 aromatic heterocycles. The number of carbonyl (C=O) groups is 1. The van der Waals surface area contributed by atoms with Gasteiger partial charge < -0.3 is 0 Å². The quantitative estimate of drug-likeness (QED) is 0.731. The Bertz CT molecular complexity index is 523. The maximum Gasteiger partial charge on any atom is 0.278 e. The predicted molar refractivity (Wildman–Crippen MR) is 62.6 cm³/mol. The topological polar surface area (TPSA) is 34.9 Å². The zero-order valence-corrected chi connectivity index (χ0v) is 9.69. The van der Waals surface area contributed by atoms with Gasteiger partial charge in [-0.15, -0.1) is 0 Å². The Labute approximate surface area is 94.7 Å². The Morgan fingerprint density at radius 3 is 2.25 bits per heavy atom. The van der Waals surface area contributed by atoms with Gasteiger partial charge in [0.2, 0.25) is 0 Å². The molecule has 3 nitrogen and oxygen atoms in total. The number of carbonyl (C=O) groups excluding carboxylic acids is 1. The Kier molecular flexibility index (Phi) is 2.60. The van der Waals surface area contributed by atoms with Gasteiger partial charge in [0.15, 0.2) is 0 Å². The van der Waals surface area contributed by atoms with Crippen molar-refractivity contribution in [2.45, 2.75) is 20.8 Å². The van der Waals surface area contributed by atoms with Crippen molar-refractivity contribution < 1.29 is 4.79 Å². The van der Waals surface area contributed by atoms with Crippen LogP contribution in [0.25, 0.3) is 0 Å². The van der Waals surface area contributed by atoms with E-state index in [2.05, 4.69) is 5.10 Å². The average Bonchev–Trinajstić information content (AvgIpc) is 2.58. The number of benzene rings is 1. The molecule has 0 aliphatic carbocycles. The normalized spacial score (nSPS) is 10.4. The molecule has 0 saturated carbocycles. The molecule has 0 N–H and O–H groups in total. The molecule has 3 heteroatoms. The zero-order chi connectivity index (χ0) is 11.7. The van der Waals surface area contributed by atoms with Gasteiger partial charge in [0.25, 0.3) is 5.91 Å². The predicted octanol–water partition coefficient (Wildman–Crippen LogP) is 2.50. The van der Waals surface area contributed by atoms with Crippen LogP contribution >= 0.6 is 0 Å². The monoisotopic (exact) mass is 214 g/mol. The highest BCUT2D eigenvalue weighted by Gasteiger charge is 2.11. The van der Waals surface area contributed by atoms with Gasteiger partial charge >= 0.3 is 0 Å². The highest BCUT2D eigenvalue weighted by atomic mass is 16.2. The third-order valence-corrected chi connectivity index (χ3v) is 2.50. The van der Waals surface area contributed by atoms with E-state index in [1.54, 1.807) is 0 Å². The highest BCUT2D eigenvalue weighted by Crippen LogP contribution is 2.08. The van der Waals surface area contributed by atoms with Crippen molar-refractivity contribution in [1.29, 1.82) is 0 Å². The number of aryl methyl sites for hydroxylation is 3. The fourth-order valence-corrected chi connectivity index (χ4v) is 1.65. The van der Waals surface area contributed by atoms with E-state index < -0.39 is 0 Å². The Balaban J connectivity index is 2.39. The van der Waals surface area contributed by atoms with E-state index in [-0.39, 0.29) is 5.91 Å². The summed E-state index contributed by atoms with van der Waals surface area (Å²) in [5, 5.41) is 4.18. The van der Waals surface area contributed by atoms with Crippen molar-refractivity contribution in [3.05, 3.63) is 52.8 Å². The molecule has 0 saturated heterocycles. The molecule has 2 aromatic rings. The fourth-order valence-electron chi connectivity index (χ4n) is 1.65. The smallest absolute Gasteiger partial charge is 0.267 e. The van der Waals surface area contributed by atoms with Crippen LogP contribution in [-0.4, -0.2) is 15.7 Å². The van der Waals surface area contributed by atoms with Crippen LogP contribution in [0.1, 0.15) is 27.3 Å². The summed E-state index contributed by atoms with van der Waals surface area (Å²) in [4.78, 5) is 12.1. The Hall–Kier alpha value is -1.90. The second kappa shape index (κ2) is 3.93. The van der Waals surface area contributed by atoms with Crippen molar-refractivity contribution in [3.63, 3.8) is 0 Å². The van der Waals surface area contributed by atoms with Crippen LogP contribution < -0.4 is 0 Å². The van der Waals surface area contributed by atoms with E-state index in [0.717, 1.165) is 17.0 Å². The van der Waals surface area contributed by atoms with E-state index in [1.807, 2.05) is 51.1 Å². The first-order valence-corrected chi connectivity index (χ1v) is 5.22. The molecule has 82 valence electrons. The van der Waals surface area contributed by atoms with Gasteiger partial charge in [-0.1, -0.05) is 17.7 Å². The first-order valence-electron chi connectivity index (χ1n) is 5.22. The fraction of sp³-hybridized carbons (Fsp3) is 0.231. The van der Waals surface area contributed by atoms with Crippen molar-refractivity contribution in [1.82, 2.24) is 9.78 Å². The molecule has 0 aliphatic heterocycles. The molecule has 0 fully saturated rings. The molecular formula is C13H14N2O. The van der Waals surface area contributed by atoms with Crippen molar-refractivity contribution in [2.24, 2.45) is 0 Å². The minimum absolute atomic E-state index is 0.0781. The maximum absolute atomic E-state index is 12.1. The lowest BCUT2D eigenvalue weighted by Gasteiger charge is -2.03. The zero-order valence-electron chi connectivity index (χ0n) is 9.69. The third kappa shape index (κ3) is 1.89. The van der Waals surface area contributed by atoms with Crippen molar-refractivity contribution >= 4 is 5.91 Å². The molecule has 2 rings (SSSR count). The molecule has 0 unspecified atom stereocenters. The molecule has 0 bridgehead atoms. The van der Waals surface area contributed by atoms with E-state index in [4.69, 9.17) is 0 Å². The Morgan fingerprint density at radius 2 is 1.75 bits per heavy atom. The summed E-state index contributed by atoms with van der Waals surface area (Å²) in [5.74, 6) is -0.0781. The Morgan fingerprint density at radius 1 is 1.12 bits per heavy atom. The van der Waals surface area contributed by atoms with Crippen LogP contribution in [0.3, 0.4) is 0 Å².